The Labute approximate surface area is 86.7 Å². The van der Waals surface area contributed by atoms with Crippen LogP contribution in [0.4, 0.5) is 0 Å². The molecule has 0 saturated carbocycles. The minimum Gasteiger partial charge on any atom is -0.374 e. The van der Waals surface area contributed by atoms with Gasteiger partial charge in [0.1, 0.15) is 0 Å². The highest BCUT2D eigenvalue weighted by atomic mass is 16.5. The van der Waals surface area contributed by atoms with Crippen LogP contribution in [0, 0.1) is 0 Å². The number of nitrogens with one attached hydrogen (secondary N) is 1. The summed E-state index contributed by atoms with van der Waals surface area (Å²) in [5.41, 5.74) is 5.71. The summed E-state index contributed by atoms with van der Waals surface area (Å²) in [5, 5.41) is 3.41. The van der Waals surface area contributed by atoms with Crippen LogP contribution in [0.25, 0.3) is 0 Å². The van der Waals surface area contributed by atoms with E-state index in [2.05, 4.69) is 18.8 Å². The molecule has 0 aliphatic carbocycles. The summed E-state index contributed by atoms with van der Waals surface area (Å²) in [4.78, 5) is 0. The van der Waals surface area contributed by atoms with Crippen molar-refractivity contribution in [3.05, 3.63) is 12.7 Å². The number of ether oxygens (including phenoxy) is 1. The molecule has 1 saturated heterocycles. The molecule has 0 aromatic heterocycles. The summed E-state index contributed by atoms with van der Waals surface area (Å²) < 4.78 is 5.78. The van der Waals surface area contributed by atoms with Crippen LogP contribution in [-0.4, -0.2) is 31.3 Å². The minimum atomic E-state index is 0.305. The predicted molar refractivity (Wildman–Crippen MR) is 59.2 cm³/mol. The third-order valence-corrected chi connectivity index (χ3v) is 2.72. The lowest BCUT2D eigenvalue weighted by Crippen LogP contribution is -2.45. The third kappa shape index (κ3) is 3.40. The van der Waals surface area contributed by atoms with Crippen LogP contribution < -0.4 is 11.1 Å². The van der Waals surface area contributed by atoms with E-state index in [1.165, 1.54) is 0 Å². The Morgan fingerprint density at radius 1 is 1.64 bits per heavy atom. The monoisotopic (exact) mass is 198 g/mol. The van der Waals surface area contributed by atoms with Crippen molar-refractivity contribution in [3.63, 3.8) is 0 Å². The molecule has 82 valence electrons. The Hall–Kier alpha value is -0.380. The Bertz CT molecular complexity index is 173. The van der Waals surface area contributed by atoms with Crippen LogP contribution in [0.3, 0.4) is 0 Å². The van der Waals surface area contributed by atoms with Crippen molar-refractivity contribution in [2.45, 2.75) is 44.4 Å². The van der Waals surface area contributed by atoms with Crippen LogP contribution in [0.15, 0.2) is 12.7 Å². The molecule has 14 heavy (non-hydrogen) atoms. The molecule has 1 fully saturated rings. The van der Waals surface area contributed by atoms with Crippen molar-refractivity contribution in [1.29, 1.82) is 0 Å². The maximum absolute atomic E-state index is 5.78. The molecule has 3 unspecified atom stereocenters. The summed E-state index contributed by atoms with van der Waals surface area (Å²) in [6, 6.07) is 0.305. The van der Waals surface area contributed by atoms with E-state index in [1.807, 2.05) is 6.08 Å². The molecule has 0 bridgehead atoms. The van der Waals surface area contributed by atoms with Crippen molar-refractivity contribution in [1.82, 2.24) is 5.32 Å². The van der Waals surface area contributed by atoms with Crippen molar-refractivity contribution in [3.8, 4) is 0 Å². The van der Waals surface area contributed by atoms with Crippen molar-refractivity contribution < 1.29 is 4.74 Å². The molecule has 1 aliphatic heterocycles. The largest absolute Gasteiger partial charge is 0.374 e. The molecule has 1 rings (SSSR count). The van der Waals surface area contributed by atoms with Gasteiger partial charge in [0.15, 0.2) is 0 Å². The first kappa shape index (κ1) is 11.7. The van der Waals surface area contributed by atoms with E-state index >= 15 is 0 Å². The lowest BCUT2D eigenvalue weighted by atomic mass is 10.1. The minimum absolute atomic E-state index is 0.305. The number of hydrogen-bond acceptors (Lipinski definition) is 3. The molecule has 0 amide bonds. The SMILES string of the molecule is C=CCCNC(CN)C1CCC(C)O1. The van der Waals surface area contributed by atoms with Gasteiger partial charge >= 0.3 is 0 Å². The Morgan fingerprint density at radius 3 is 2.93 bits per heavy atom. The molecular formula is C11H22N2O. The average Bonchev–Trinajstić information content (AvgIpc) is 2.60. The Morgan fingerprint density at radius 2 is 2.43 bits per heavy atom. The molecule has 3 atom stereocenters. The topological polar surface area (TPSA) is 47.3 Å². The van der Waals surface area contributed by atoms with E-state index in [1.54, 1.807) is 0 Å². The predicted octanol–water partition coefficient (Wildman–Crippen LogP) is 1.05. The molecular weight excluding hydrogens is 176 g/mol. The third-order valence-electron chi connectivity index (χ3n) is 2.72. The average molecular weight is 198 g/mol. The first-order chi connectivity index (χ1) is 6.77. The molecule has 1 aliphatic rings. The smallest absolute Gasteiger partial charge is 0.0744 e. The van der Waals surface area contributed by atoms with E-state index in [9.17, 15) is 0 Å². The maximum Gasteiger partial charge on any atom is 0.0744 e. The summed E-state index contributed by atoms with van der Waals surface area (Å²) in [7, 11) is 0. The van der Waals surface area contributed by atoms with Gasteiger partial charge in [0.05, 0.1) is 12.2 Å². The van der Waals surface area contributed by atoms with Gasteiger partial charge < -0.3 is 15.8 Å². The maximum atomic E-state index is 5.78. The standard InChI is InChI=1S/C11H22N2O/c1-3-4-7-13-10(8-12)11-6-5-9(2)14-11/h3,9-11,13H,1,4-8,12H2,2H3. The van der Waals surface area contributed by atoms with Crippen molar-refractivity contribution in [2.75, 3.05) is 13.1 Å². The normalized spacial score (nSPS) is 29.0. The highest BCUT2D eigenvalue weighted by molar-refractivity contribution is 4.84. The van der Waals surface area contributed by atoms with E-state index in [0.717, 1.165) is 25.8 Å². The lowest BCUT2D eigenvalue weighted by Gasteiger charge is -2.23. The number of hydrogen-bond donors (Lipinski definition) is 2. The van der Waals surface area contributed by atoms with E-state index < -0.39 is 0 Å². The second kappa shape index (κ2) is 6.17. The van der Waals surface area contributed by atoms with Gasteiger partial charge in [0.25, 0.3) is 0 Å². The fourth-order valence-corrected chi connectivity index (χ4v) is 1.87. The van der Waals surface area contributed by atoms with E-state index in [-0.39, 0.29) is 0 Å². The zero-order chi connectivity index (χ0) is 10.4. The Kier molecular flexibility index (Phi) is 5.15. The van der Waals surface area contributed by atoms with Gasteiger partial charge in [-0.05, 0) is 32.7 Å². The summed E-state index contributed by atoms with van der Waals surface area (Å²) in [6.07, 6.45) is 5.89. The number of rotatable bonds is 6. The van der Waals surface area contributed by atoms with Gasteiger partial charge in [-0.25, -0.2) is 0 Å². The van der Waals surface area contributed by atoms with Gasteiger partial charge in [-0.1, -0.05) is 6.08 Å². The van der Waals surface area contributed by atoms with E-state index in [4.69, 9.17) is 10.5 Å². The van der Waals surface area contributed by atoms with Crippen LogP contribution in [-0.2, 0) is 4.74 Å². The molecule has 0 spiro atoms. The van der Waals surface area contributed by atoms with Crippen LogP contribution in [0.2, 0.25) is 0 Å². The molecule has 0 radical (unpaired) electrons. The first-order valence-corrected chi connectivity index (χ1v) is 5.47. The lowest BCUT2D eigenvalue weighted by molar-refractivity contribution is 0.0341. The first-order valence-electron chi connectivity index (χ1n) is 5.47. The fourth-order valence-electron chi connectivity index (χ4n) is 1.87. The molecule has 3 heteroatoms. The highest BCUT2D eigenvalue weighted by Gasteiger charge is 2.28. The van der Waals surface area contributed by atoms with Gasteiger partial charge in [0, 0.05) is 12.6 Å². The van der Waals surface area contributed by atoms with Gasteiger partial charge in [-0.2, -0.15) is 0 Å². The zero-order valence-electron chi connectivity index (χ0n) is 9.04. The number of nitrogens with two attached hydrogens (primary N) is 1. The molecule has 3 N–H and O–H groups in total. The van der Waals surface area contributed by atoms with Crippen molar-refractivity contribution >= 4 is 0 Å². The quantitative estimate of drug-likeness (QED) is 0.495. The van der Waals surface area contributed by atoms with Crippen LogP contribution >= 0.6 is 0 Å². The molecule has 3 nitrogen and oxygen atoms in total. The van der Waals surface area contributed by atoms with Crippen LogP contribution in [0.5, 0.6) is 0 Å². The molecule has 1 heterocycles. The van der Waals surface area contributed by atoms with Crippen LogP contribution in [0.1, 0.15) is 26.2 Å². The second-order valence-electron chi connectivity index (χ2n) is 3.94. The highest BCUT2D eigenvalue weighted by Crippen LogP contribution is 2.21. The van der Waals surface area contributed by atoms with E-state index in [0.29, 0.717) is 24.8 Å². The van der Waals surface area contributed by atoms with Gasteiger partial charge in [-0.3, -0.25) is 0 Å². The summed E-state index contributed by atoms with van der Waals surface area (Å²) in [5.74, 6) is 0. The second-order valence-corrected chi connectivity index (χ2v) is 3.94. The summed E-state index contributed by atoms with van der Waals surface area (Å²) in [6.45, 7) is 7.40. The Balaban J connectivity index is 2.26. The van der Waals surface area contributed by atoms with Gasteiger partial charge in [0.2, 0.25) is 0 Å². The molecule has 0 aromatic carbocycles. The van der Waals surface area contributed by atoms with Crippen molar-refractivity contribution in [2.24, 2.45) is 5.73 Å². The fraction of sp³-hybridized carbons (Fsp3) is 0.818. The molecule has 0 aromatic rings. The zero-order valence-corrected chi connectivity index (χ0v) is 9.04. The summed E-state index contributed by atoms with van der Waals surface area (Å²) >= 11 is 0. The van der Waals surface area contributed by atoms with Gasteiger partial charge in [-0.15, -0.1) is 6.58 Å².